The molecule has 11 heavy (non-hydrogen) atoms. The molecule has 0 saturated heterocycles. The second-order valence-corrected chi connectivity index (χ2v) is 17.4. The van der Waals surface area contributed by atoms with Crippen LogP contribution < -0.4 is 0 Å². The molecule has 11 heteroatoms. The molecular weight excluding hydrogens is 298 g/mol. The Kier molecular flexibility index (Phi) is 5.35. The van der Waals surface area contributed by atoms with Gasteiger partial charge in [-0.25, -0.2) is 12.6 Å². The third-order valence-electron chi connectivity index (χ3n) is 0.527. The molecule has 3 unspecified atom stereocenters. The first-order chi connectivity index (χ1) is 4.83. The molecule has 0 N–H and O–H groups in total. The Morgan fingerprint density at radius 2 is 1.00 bits per heavy atom. The second kappa shape index (κ2) is 4.69. The lowest BCUT2D eigenvalue weighted by molar-refractivity contribution is 0.596. The van der Waals surface area contributed by atoms with Gasteiger partial charge in [-0.1, -0.05) is 0 Å². The topological polar surface area (TPSA) is 68.3 Å². The van der Waals surface area contributed by atoms with Crippen molar-refractivity contribution in [1.82, 2.24) is 0 Å². The molecule has 0 aromatic heterocycles. The average Bonchev–Trinajstić information content (AvgIpc) is 1.84. The van der Waals surface area contributed by atoms with Gasteiger partial charge in [0.2, 0.25) is 28.9 Å². The molecular formula is Cl3O4PS3. The zero-order chi connectivity index (χ0) is 9.23. The van der Waals surface area contributed by atoms with Gasteiger partial charge in [0.25, 0.3) is 0 Å². The van der Waals surface area contributed by atoms with E-state index in [-0.39, 0.29) is 0 Å². The lowest BCUT2D eigenvalue weighted by Crippen LogP contribution is -1.91. The third kappa shape index (κ3) is 2.76. The minimum Gasteiger partial charge on any atom is -0.277 e. The largest absolute Gasteiger partial charge is 0.373 e. The van der Waals surface area contributed by atoms with Gasteiger partial charge in [-0.05, 0) is 32.0 Å². The van der Waals surface area contributed by atoms with E-state index in [9.17, 15) is 17.2 Å². The molecule has 0 rings (SSSR count). The van der Waals surface area contributed by atoms with Crippen molar-refractivity contribution < 1.29 is 17.2 Å². The van der Waals surface area contributed by atoms with Gasteiger partial charge in [0.15, 0.2) is 0 Å². The Morgan fingerprint density at radius 3 is 1.00 bits per heavy atom. The van der Waals surface area contributed by atoms with E-state index in [2.05, 4.69) is 0 Å². The Hall–Kier alpha value is 1.55. The molecule has 4 nitrogen and oxygen atoms in total. The molecule has 0 aliphatic heterocycles. The van der Waals surface area contributed by atoms with E-state index < -0.39 is 33.6 Å². The van der Waals surface area contributed by atoms with Crippen molar-refractivity contribution in [2.45, 2.75) is 0 Å². The lowest BCUT2D eigenvalue weighted by Gasteiger charge is -2.01. The molecule has 0 amide bonds. The zero-order valence-electron chi connectivity index (χ0n) is 4.44. The fourth-order valence-electron chi connectivity index (χ4n) is 0.138. The Bertz CT molecular complexity index is 229. The minimum atomic E-state index is -4.22. The van der Waals surface area contributed by atoms with Gasteiger partial charge in [0, 0.05) is 0 Å². The summed E-state index contributed by atoms with van der Waals surface area (Å²) in [5.41, 5.74) is 0. The summed E-state index contributed by atoms with van der Waals surface area (Å²) in [5, 5.41) is 0. The first-order valence-electron chi connectivity index (χ1n) is 1.69. The molecule has 0 spiro atoms. The number of hydrogen-bond donors (Lipinski definition) is 0. The van der Waals surface area contributed by atoms with E-state index in [0.717, 1.165) is 0 Å². The van der Waals surface area contributed by atoms with Gasteiger partial charge >= 0.3 is 4.75 Å². The number of halogens is 3. The highest BCUT2D eigenvalue weighted by Crippen LogP contribution is 2.61. The second-order valence-electron chi connectivity index (χ2n) is 1.07. The highest BCUT2D eigenvalue weighted by atomic mass is 35.8. The van der Waals surface area contributed by atoms with Crippen molar-refractivity contribution in [3.8, 4) is 0 Å². The lowest BCUT2D eigenvalue weighted by atomic mass is 16.0. The first-order valence-corrected chi connectivity index (χ1v) is 11.1. The monoisotopic (exact) mass is 296 g/mol. The summed E-state index contributed by atoms with van der Waals surface area (Å²) in [4.78, 5) is 0. The van der Waals surface area contributed by atoms with Crippen LogP contribution in [0.4, 0.5) is 0 Å². The highest BCUT2D eigenvalue weighted by Gasteiger charge is 2.42. The average molecular weight is 298 g/mol. The van der Waals surface area contributed by atoms with E-state index in [1.54, 1.807) is 0 Å². The van der Waals surface area contributed by atoms with E-state index >= 15 is 0 Å². The molecule has 3 atom stereocenters. The maximum Gasteiger partial charge on any atom is 0.373 e. The molecule has 0 radical (unpaired) electrons. The van der Waals surface area contributed by atoms with E-state index in [1.165, 1.54) is 0 Å². The summed E-state index contributed by atoms with van der Waals surface area (Å²) >= 11 is 0. The van der Waals surface area contributed by atoms with Crippen LogP contribution in [0.1, 0.15) is 0 Å². The SMILES string of the molecule is O=S(Cl)P(=O)(S(=O)Cl)S(=O)Cl. The quantitative estimate of drug-likeness (QED) is 0.588. The molecule has 0 fully saturated rings. The Labute approximate surface area is 82.5 Å². The first kappa shape index (κ1) is 12.6. The molecule has 0 aromatic rings. The van der Waals surface area contributed by atoms with Crippen LogP contribution in [0.2, 0.25) is 0 Å². The van der Waals surface area contributed by atoms with Gasteiger partial charge in [0.1, 0.15) is 0 Å². The zero-order valence-corrected chi connectivity index (χ0v) is 10.1. The van der Waals surface area contributed by atoms with Gasteiger partial charge in [0.05, 0.1) is 0 Å². The van der Waals surface area contributed by atoms with Crippen molar-refractivity contribution in [2.24, 2.45) is 0 Å². The fraction of sp³-hybridized carbons (Fsp3) is 0. The molecule has 0 aliphatic carbocycles. The summed E-state index contributed by atoms with van der Waals surface area (Å²) in [6, 6.07) is 0. The molecule has 0 aliphatic rings. The minimum absolute atomic E-state index is 2.57. The van der Waals surface area contributed by atoms with Gasteiger partial charge in [-0.15, -0.1) is 0 Å². The number of hydrogen-bond acceptors (Lipinski definition) is 4. The van der Waals surface area contributed by atoms with Gasteiger partial charge in [-0.2, -0.15) is 0 Å². The van der Waals surface area contributed by atoms with E-state index in [4.69, 9.17) is 32.0 Å². The van der Waals surface area contributed by atoms with Crippen LogP contribution in [0.25, 0.3) is 0 Å². The summed E-state index contributed by atoms with van der Waals surface area (Å²) in [7, 11) is 6.79. The van der Waals surface area contributed by atoms with Crippen LogP contribution >= 0.6 is 36.8 Å². The number of rotatable bonds is 3. The predicted molar refractivity (Wildman–Crippen MR) is 49.6 cm³/mol. The third-order valence-corrected chi connectivity index (χ3v) is 21.7. The molecule has 0 heterocycles. The van der Waals surface area contributed by atoms with Crippen molar-refractivity contribution in [3.05, 3.63) is 0 Å². The van der Waals surface area contributed by atoms with Crippen LogP contribution in [0.5, 0.6) is 0 Å². The van der Waals surface area contributed by atoms with E-state index in [0.29, 0.717) is 0 Å². The van der Waals surface area contributed by atoms with Crippen molar-refractivity contribution in [2.75, 3.05) is 0 Å². The predicted octanol–water partition coefficient (Wildman–Crippen LogP) is 1.80. The Morgan fingerprint density at radius 1 is 0.818 bits per heavy atom. The highest BCUT2D eigenvalue weighted by molar-refractivity contribution is 9.13. The molecule has 68 valence electrons. The van der Waals surface area contributed by atoms with Crippen LogP contribution in [-0.2, 0) is 33.5 Å². The summed E-state index contributed by atoms with van der Waals surface area (Å²) in [6.45, 7) is 0. The van der Waals surface area contributed by atoms with Crippen molar-refractivity contribution >= 4 is 65.7 Å². The van der Waals surface area contributed by atoms with Crippen molar-refractivity contribution in [3.63, 3.8) is 0 Å². The standard InChI is InChI=1S/Cl3O4PS3/c1-9(5)8(4,10(2)6)11(3)7. The van der Waals surface area contributed by atoms with Crippen LogP contribution in [-0.4, -0.2) is 12.6 Å². The summed E-state index contributed by atoms with van der Waals surface area (Å²) in [5.74, 6) is 0. The normalized spacial score (nSPS) is 25.0. The summed E-state index contributed by atoms with van der Waals surface area (Å²) in [6.07, 6.45) is 0. The maximum atomic E-state index is 11.0. The van der Waals surface area contributed by atoms with E-state index in [1.807, 2.05) is 0 Å². The van der Waals surface area contributed by atoms with Crippen molar-refractivity contribution in [1.29, 1.82) is 0 Å². The smallest absolute Gasteiger partial charge is 0.277 e. The van der Waals surface area contributed by atoms with Crippen LogP contribution in [0.15, 0.2) is 0 Å². The van der Waals surface area contributed by atoms with Gasteiger partial charge < -0.3 is 0 Å². The van der Waals surface area contributed by atoms with Crippen LogP contribution in [0.3, 0.4) is 0 Å². The van der Waals surface area contributed by atoms with Crippen LogP contribution in [0, 0.1) is 0 Å². The Balaban J connectivity index is 5.18. The molecule has 0 saturated carbocycles. The molecule has 0 aromatic carbocycles. The maximum absolute atomic E-state index is 11.0. The molecule has 0 bridgehead atoms. The summed E-state index contributed by atoms with van der Waals surface area (Å²) < 4.78 is 38.0. The fourth-order valence-corrected chi connectivity index (χ4v) is 14.4. The van der Waals surface area contributed by atoms with Gasteiger partial charge in [-0.3, -0.25) is 4.57 Å².